The maximum absolute atomic E-state index is 13.2. The van der Waals surface area contributed by atoms with Crippen LogP contribution in [0.25, 0.3) is 6.08 Å². The number of amides is 2. The first-order chi connectivity index (χ1) is 13.9. The predicted molar refractivity (Wildman–Crippen MR) is 115 cm³/mol. The first-order valence-corrected chi connectivity index (χ1v) is 9.49. The number of thiocarbonyl (C=S) groups is 1. The van der Waals surface area contributed by atoms with Gasteiger partial charge in [-0.15, -0.1) is 0 Å². The molecule has 1 aliphatic rings. The monoisotopic (exact) mass is 413 g/mol. The molecule has 1 saturated heterocycles. The topological polar surface area (TPSA) is 72.8 Å². The number of anilines is 1. The van der Waals surface area contributed by atoms with Crippen molar-refractivity contribution in [2.75, 3.05) is 25.7 Å². The number of aryl methyl sites for hydroxylation is 1. The van der Waals surface area contributed by atoms with Crippen LogP contribution in [0.2, 0.25) is 0 Å². The van der Waals surface area contributed by atoms with Gasteiger partial charge in [0.2, 0.25) is 0 Å². The van der Waals surface area contributed by atoms with E-state index in [1.165, 1.54) is 4.90 Å². The van der Waals surface area contributed by atoms with Crippen LogP contribution in [0.15, 0.2) is 35.9 Å². The SMILES string of the molecule is COCCn1c(C)cc(/C=C2/C(=O)NC(=S)N(c3cccc(OC)c3)C2=O)c1C. The second kappa shape index (κ2) is 8.59. The molecule has 1 aromatic heterocycles. The lowest BCUT2D eigenvalue weighted by molar-refractivity contribution is -0.122. The minimum Gasteiger partial charge on any atom is -0.497 e. The number of benzene rings is 1. The van der Waals surface area contributed by atoms with E-state index in [1.54, 1.807) is 44.6 Å². The van der Waals surface area contributed by atoms with Gasteiger partial charge < -0.3 is 14.0 Å². The minimum atomic E-state index is -0.513. The molecular formula is C21H23N3O4S. The van der Waals surface area contributed by atoms with Gasteiger partial charge in [0.05, 0.1) is 19.4 Å². The largest absolute Gasteiger partial charge is 0.497 e. The molecule has 0 radical (unpaired) electrons. The molecule has 1 N–H and O–H groups in total. The predicted octanol–water partition coefficient (Wildman–Crippen LogP) is 2.59. The summed E-state index contributed by atoms with van der Waals surface area (Å²) in [5, 5.41) is 2.64. The Balaban J connectivity index is 2.00. The van der Waals surface area contributed by atoms with Gasteiger partial charge in [0.15, 0.2) is 5.11 Å². The third-order valence-corrected chi connectivity index (χ3v) is 5.13. The Morgan fingerprint density at radius 2 is 1.93 bits per heavy atom. The zero-order valence-corrected chi connectivity index (χ0v) is 17.6. The highest BCUT2D eigenvalue weighted by atomic mass is 32.1. The summed E-state index contributed by atoms with van der Waals surface area (Å²) in [4.78, 5) is 27.0. The van der Waals surface area contributed by atoms with E-state index in [9.17, 15) is 9.59 Å². The molecule has 1 aromatic carbocycles. The second-order valence-corrected chi connectivity index (χ2v) is 7.02. The maximum Gasteiger partial charge on any atom is 0.270 e. The molecule has 1 fully saturated rings. The number of rotatable bonds is 6. The Morgan fingerprint density at radius 1 is 1.17 bits per heavy atom. The van der Waals surface area contributed by atoms with E-state index in [0.29, 0.717) is 24.6 Å². The van der Waals surface area contributed by atoms with E-state index in [0.717, 1.165) is 17.0 Å². The summed E-state index contributed by atoms with van der Waals surface area (Å²) in [5.74, 6) is -0.406. The van der Waals surface area contributed by atoms with Crippen LogP contribution in [-0.2, 0) is 20.9 Å². The summed E-state index contributed by atoms with van der Waals surface area (Å²) in [6, 6.07) is 8.90. The van der Waals surface area contributed by atoms with Crippen molar-refractivity contribution in [1.82, 2.24) is 9.88 Å². The summed E-state index contributed by atoms with van der Waals surface area (Å²) < 4.78 is 12.5. The van der Waals surface area contributed by atoms with E-state index in [4.69, 9.17) is 21.7 Å². The lowest BCUT2D eigenvalue weighted by Crippen LogP contribution is -2.54. The van der Waals surface area contributed by atoms with Gasteiger partial charge in [-0.3, -0.25) is 19.8 Å². The van der Waals surface area contributed by atoms with Gasteiger partial charge in [0, 0.05) is 31.1 Å². The summed E-state index contributed by atoms with van der Waals surface area (Å²) in [5.41, 5.74) is 3.32. The van der Waals surface area contributed by atoms with E-state index in [-0.39, 0.29) is 10.7 Å². The normalized spacial score (nSPS) is 15.8. The van der Waals surface area contributed by atoms with Crippen molar-refractivity contribution in [3.8, 4) is 5.75 Å². The van der Waals surface area contributed by atoms with Crippen LogP contribution in [-0.4, -0.2) is 42.3 Å². The molecular weight excluding hydrogens is 390 g/mol. The third kappa shape index (κ3) is 4.08. The number of ether oxygens (including phenoxy) is 2. The summed E-state index contributed by atoms with van der Waals surface area (Å²) >= 11 is 5.25. The Morgan fingerprint density at radius 3 is 2.62 bits per heavy atom. The fourth-order valence-electron chi connectivity index (χ4n) is 3.30. The molecule has 152 valence electrons. The van der Waals surface area contributed by atoms with Crippen LogP contribution in [0.5, 0.6) is 5.75 Å². The number of nitrogens with one attached hydrogen (secondary N) is 1. The number of hydrogen-bond donors (Lipinski definition) is 1. The van der Waals surface area contributed by atoms with Crippen molar-refractivity contribution in [3.63, 3.8) is 0 Å². The Kier molecular flexibility index (Phi) is 6.14. The molecule has 3 rings (SSSR count). The number of carbonyl (C=O) groups is 2. The Bertz CT molecular complexity index is 1010. The molecule has 0 spiro atoms. The molecule has 2 heterocycles. The molecule has 0 atom stereocenters. The van der Waals surface area contributed by atoms with Crippen LogP contribution in [0.4, 0.5) is 5.69 Å². The average Bonchev–Trinajstić information content (AvgIpc) is 2.96. The quantitative estimate of drug-likeness (QED) is 0.448. The van der Waals surface area contributed by atoms with Crippen LogP contribution >= 0.6 is 12.2 Å². The zero-order valence-electron chi connectivity index (χ0n) is 16.8. The number of methoxy groups -OCH3 is 2. The molecule has 7 nitrogen and oxygen atoms in total. The smallest absolute Gasteiger partial charge is 0.270 e. The summed E-state index contributed by atoms with van der Waals surface area (Å²) in [6.07, 6.45) is 1.61. The number of nitrogens with zero attached hydrogens (tertiary/aromatic N) is 2. The molecule has 0 unspecified atom stereocenters. The first kappa shape index (κ1) is 20.8. The maximum atomic E-state index is 13.2. The fourth-order valence-corrected chi connectivity index (χ4v) is 3.58. The molecule has 2 amide bonds. The van der Waals surface area contributed by atoms with Gasteiger partial charge in [-0.05, 0) is 55.9 Å². The van der Waals surface area contributed by atoms with Crippen molar-refractivity contribution in [2.45, 2.75) is 20.4 Å². The highest BCUT2D eigenvalue weighted by Gasteiger charge is 2.34. The minimum absolute atomic E-state index is 0.0217. The van der Waals surface area contributed by atoms with Crippen molar-refractivity contribution in [3.05, 3.63) is 52.9 Å². The van der Waals surface area contributed by atoms with Crippen molar-refractivity contribution in [2.24, 2.45) is 0 Å². The van der Waals surface area contributed by atoms with Crippen LogP contribution in [0.1, 0.15) is 17.0 Å². The standard InChI is InChI=1S/C21H23N3O4S/c1-13-10-15(14(2)23(13)8-9-27-3)11-18-19(25)22-21(29)24(20(18)26)16-6-5-7-17(12-16)28-4/h5-7,10-12H,8-9H2,1-4H3,(H,22,25,29)/b18-11-. The van der Waals surface area contributed by atoms with Crippen LogP contribution < -0.4 is 15.0 Å². The Hall–Kier alpha value is -2.97. The number of hydrogen-bond acceptors (Lipinski definition) is 5. The molecule has 0 saturated carbocycles. The van der Waals surface area contributed by atoms with Crippen molar-refractivity contribution in [1.29, 1.82) is 0 Å². The first-order valence-electron chi connectivity index (χ1n) is 9.08. The van der Waals surface area contributed by atoms with Crippen LogP contribution in [0, 0.1) is 13.8 Å². The van der Waals surface area contributed by atoms with Gasteiger partial charge in [-0.2, -0.15) is 0 Å². The third-order valence-electron chi connectivity index (χ3n) is 4.84. The lowest BCUT2D eigenvalue weighted by atomic mass is 10.1. The van der Waals surface area contributed by atoms with Crippen molar-refractivity contribution < 1.29 is 19.1 Å². The second-order valence-electron chi connectivity index (χ2n) is 6.63. The van der Waals surface area contributed by atoms with Gasteiger partial charge in [0.25, 0.3) is 11.8 Å². The highest BCUT2D eigenvalue weighted by Crippen LogP contribution is 2.26. The zero-order chi connectivity index (χ0) is 21.1. The summed E-state index contributed by atoms with van der Waals surface area (Å²) in [7, 11) is 3.19. The van der Waals surface area contributed by atoms with Gasteiger partial charge >= 0.3 is 0 Å². The molecule has 0 aliphatic carbocycles. The molecule has 1 aliphatic heterocycles. The number of aromatic nitrogens is 1. The average molecular weight is 413 g/mol. The van der Waals surface area contributed by atoms with E-state index in [2.05, 4.69) is 9.88 Å². The summed E-state index contributed by atoms with van der Waals surface area (Å²) in [6.45, 7) is 5.19. The van der Waals surface area contributed by atoms with Gasteiger partial charge in [-0.25, -0.2) is 0 Å². The molecule has 2 aromatic rings. The Labute approximate surface area is 174 Å². The molecule has 8 heteroatoms. The van der Waals surface area contributed by atoms with E-state index >= 15 is 0 Å². The van der Waals surface area contributed by atoms with Gasteiger partial charge in [0.1, 0.15) is 11.3 Å². The van der Waals surface area contributed by atoms with E-state index in [1.807, 2.05) is 19.9 Å². The van der Waals surface area contributed by atoms with Gasteiger partial charge in [-0.1, -0.05) is 6.07 Å². The lowest BCUT2D eigenvalue weighted by Gasteiger charge is -2.29. The molecule has 0 bridgehead atoms. The molecule has 29 heavy (non-hydrogen) atoms. The van der Waals surface area contributed by atoms with Crippen LogP contribution in [0.3, 0.4) is 0 Å². The highest BCUT2D eigenvalue weighted by molar-refractivity contribution is 7.80. The fraction of sp³-hybridized carbons (Fsp3) is 0.286. The van der Waals surface area contributed by atoms with Crippen molar-refractivity contribution >= 4 is 40.9 Å². The number of carbonyl (C=O) groups excluding carboxylic acids is 2. The van der Waals surface area contributed by atoms with E-state index < -0.39 is 11.8 Å².